The highest BCUT2D eigenvalue weighted by Crippen LogP contribution is 2.40. The Hall–Kier alpha value is -7.95. The molecule has 0 amide bonds. The SMILES string of the molecule is Cn1ccnc1-c1ccc(CCc2cc(CCc3ccc(-c4ccccc4)nc3)cc(-c3ccccc3-c3cnc(-c4ccccc4)cc3-c3ccc(-c4ccccc4)cc3)c2)cc1. The Bertz CT molecular complexity index is 3120. The van der Waals surface area contributed by atoms with Crippen molar-refractivity contribution in [3.8, 4) is 78.4 Å². The molecule has 0 aliphatic heterocycles. The van der Waals surface area contributed by atoms with E-state index in [1.807, 2.05) is 31.7 Å². The molecule has 0 N–H and O–H groups in total. The summed E-state index contributed by atoms with van der Waals surface area (Å²) in [5.41, 5.74) is 19.8. The molecule has 64 heavy (non-hydrogen) atoms. The molecule has 3 heterocycles. The Kier molecular flexibility index (Phi) is 11.7. The summed E-state index contributed by atoms with van der Waals surface area (Å²) in [4.78, 5) is 14.5. The fraction of sp³-hybridized carbons (Fsp3) is 0.0833. The molecule has 0 fully saturated rings. The first-order valence-electron chi connectivity index (χ1n) is 22.1. The fourth-order valence-corrected chi connectivity index (χ4v) is 8.72. The number of nitrogens with zero attached hydrogens (tertiary/aromatic N) is 4. The van der Waals surface area contributed by atoms with E-state index < -0.39 is 0 Å². The van der Waals surface area contributed by atoms with Gasteiger partial charge >= 0.3 is 0 Å². The zero-order valence-corrected chi connectivity index (χ0v) is 36.0. The standard InChI is InChI=1S/C60H48N4/c1-64-36-35-61-60(64)52-28-25-43(26-29-52)21-23-45-37-46(24-22-44-27-34-58(62-41-44)50-15-7-3-8-16-50)39-53(38-45)54-19-11-12-20-55(54)57-42-63-59(51-17-9-4-10-18-51)40-56(57)49-32-30-48(31-33-49)47-13-5-2-6-14-47/h2-20,25-42H,21-24H2,1H3. The molecule has 308 valence electrons. The molecule has 10 rings (SSSR count). The molecule has 0 bridgehead atoms. The van der Waals surface area contributed by atoms with Gasteiger partial charge in [-0.2, -0.15) is 0 Å². The van der Waals surface area contributed by atoms with Crippen LogP contribution in [0.5, 0.6) is 0 Å². The van der Waals surface area contributed by atoms with E-state index in [-0.39, 0.29) is 0 Å². The van der Waals surface area contributed by atoms with Gasteiger partial charge in [-0.25, -0.2) is 4.98 Å². The Morgan fingerprint density at radius 3 is 1.47 bits per heavy atom. The van der Waals surface area contributed by atoms with Crippen molar-refractivity contribution < 1.29 is 0 Å². The summed E-state index contributed by atoms with van der Waals surface area (Å²) in [5.74, 6) is 0.977. The summed E-state index contributed by atoms with van der Waals surface area (Å²) >= 11 is 0. The van der Waals surface area contributed by atoms with Gasteiger partial charge in [0.2, 0.25) is 0 Å². The lowest BCUT2D eigenvalue weighted by Gasteiger charge is -2.18. The van der Waals surface area contributed by atoms with E-state index in [9.17, 15) is 0 Å². The molecule has 0 atom stereocenters. The first kappa shape index (κ1) is 40.1. The molecular formula is C60H48N4. The van der Waals surface area contributed by atoms with E-state index in [1.54, 1.807) is 0 Å². The highest BCUT2D eigenvalue weighted by Gasteiger charge is 2.17. The van der Waals surface area contributed by atoms with E-state index >= 15 is 0 Å². The lowest BCUT2D eigenvalue weighted by molar-refractivity contribution is 0.921. The van der Waals surface area contributed by atoms with Crippen molar-refractivity contribution in [2.24, 2.45) is 7.05 Å². The predicted molar refractivity (Wildman–Crippen MR) is 265 cm³/mol. The number of aryl methyl sites for hydroxylation is 5. The Morgan fingerprint density at radius 1 is 0.328 bits per heavy atom. The van der Waals surface area contributed by atoms with Crippen LogP contribution in [0, 0.1) is 0 Å². The van der Waals surface area contributed by atoms with Gasteiger partial charge in [-0.15, -0.1) is 0 Å². The van der Waals surface area contributed by atoms with E-state index in [0.29, 0.717) is 0 Å². The zero-order valence-electron chi connectivity index (χ0n) is 36.0. The topological polar surface area (TPSA) is 43.6 Å². The van der Waals surface area contributed by atoms with Crippen LogP contribution >= 0.6 is 0 Å². The molecule has 7 aromatic carbocycles. The maximum atomic E-state index is 5.11. The second kappa shape index (κ2) is 18.6. The molecule has 0 aliphatic rings. The molecule has 4 heteroatoms. The quantitative estimate of drug-likeness (QED) is 0.116. The van der Waals surface area contributed by atoms with Crippen molar-refractivity contribution in [1.29, 1.82) is 0 Å². The van der Waals surface area contributed by atoms with Crippen molar-refractivity contribution in [2.45, 2.75) is 25.7 Å². The smallest absolute Gasteiger partial charge is 0.139 e. The van der Waals surface area contributed by atoms with Crippen LogP contribution < -0.4 is 0 Å². The van der Waals surface area contributed by atoms with Gasteiger partial charge in [0.05, 0.1) is 11.4 Å². The van der Waals surface area contributed by atoms with Crippen molar-refractivity contribution in [3.05, 3.63) is 247 Å². The fourth-order valence-electron chi connectivity index (χ4n) is 8.72. The van der Waals surface area contributed by atoms with E-state index in [4.69, 9.17) is 9.97 Å². The molecule has 0 spiro atoms. The number of pyridine rings is 2. The van der Waals surface area contributed by atoms with Crippen LogP contribution in [0.15, 0.2) is 225 Å². The Morgan fingerprint density at radius 2 is 0.844 bits per heavy atom. The maximum Gasteiger partial charge on any atom is 0.139 e. The van der Waals surface area contributed by atoms with Crippen molar-refractivity contribution in [1.82, 2.24) is 19.5 Å². The van der Waals surface area contributed by atoms with Gasteiger partial charge in [0, 0.05) is 54.1 Å². The van der Waals surface area contributed by atoms with Crippen LogP contribution in [0.25, 0.3) is 78.4 Å². The number of hydrogen-bond acceptors (Lipinski definition) is 3. The second-order valence-corrected chi connectivity index (χ2v) is 16.5. The zero-order chi connectivity index (χ0) is 43.1. The molecule has 10 aromatic rings. The Labute approximate surface area is 376 Å². The van der Waals surface area contributed by atoms with Gasteiger partial charge in [0.25, 0.3) is 0 Å². The minimum atomic E-state index is 0.898. The van der Waals surface area contributed by atoms with Gasteiger partial charge in [-0.1, -0.05) is 188 Å². The summed E-state index contributed by atoms with van der Waals surface area (Å²) in [6.07, 6.45) is 11.6. The van der Waals surface area contributed by atoms with E-state index in [2.05, 4.69) is 210 Å². The van der Waals surface area contributed by atoms with Gasteiger partial charge in [-0.3, -0.25) is 9.97 Å². The molecule has 0 aliphatic carbocycles. The van der Waals surface area contributed by atoms with Crippen LogP contribution in [0.1, 0.15) is 22.3 Å². The average Bonchev–Trinajstić information content (AvgIpc) is 3.81. The molecule has 0 unspecified atom stereocenters. The lowest BCUT2D eigenvalue weighted by atomic mass is 9.87. The van der Waals surface area contributed by atoms with Crippen molar-refractivity contribution in [3.63, 3.8) is 0 Å². The lowest BCUT2D eigenvalue weighted by Crippen LogP contribution is -1.99. The van der Waals surface area contributed by atoms with E-state index in [1.165, 1.54) is 44.5 Å². The monoisotopic (exact) mass is 824 g/mol. The number of imidazole rings is 1. The number of benzene rings is 7. The third-order valence-electron chi connectivity index (χ3n) is 12.2. The summed E-state index contributed by atoms with van der Waals surface area (Å²) in [7, 11) is 2.04. The maximum absolute atomic E-state index is 5.11. The normalized spacial score (nSPS) is 11.1. The van der Waals surface area contributed by atoms with Gasteiger partial charge in [-0.05, 0) is 99.0 Å². The average molecular weight is 825 g/mol. The molecule has 4 nitrogen and oxygen atoms in total. The van der Waals surface area contributed by atoms with Crippen molar-refractivity contribution >= 4 is 0 Å². The second-order valence-electron chi connectivity index (χ2n) is 16.5. The Balaban J connectivity index is 1.01. The molecular weight excluding hydrogens is 777 g/mol. The van der Waals surface area contributed by atoms with Crippen LogP contribution in [-0.4, -0.2) is 19.5 Å². The summed E-state index contributed by atoms with van der Waals surface area (Å²) in [6, 6.07) is 72.0. The summed E-state index contributed by atoms with van der Waals surface area (Å²) in [5, 5.41) is 0. The largest absolute Gasteiger partial charge is 0.334 e. The highest BCUT2D eigenvalue weighted by atomic mass is 15.0. The highest BCUT2D eigenvalue weighted by molar-refractivity contribution is 5.93. The number of aromatic nitrogens is 4. The van der Waals surface area contributed by atoms with Gasteiger partial charge in [0.15, 0.2) is 0 Å². The first-order chi connectivity index (χ1) is 31.6. The minimum absolute atomic E-state index is 0.898. The third kappa shape index (κ3) is 8.99. The van der Waals surface area contributed by atoms with Gasteiger partial charge in [0.1, 0.15) is 5.82 Å². The molecule has 0 saturated heterocycles. The molecule has 0 radical (unpaired) electrons. The van der Waals surface area contributed by atoms with Crippen LogP contribution in [0.4, 0.5) is 0 Å². The summed E-state index contributed by atoms with van der Waals surface area (Å²) in [6.45, 7) is 0. The minimum Gasteiger partial charge on any atom is -0.334 e. The number of hydrogen-bond donors (Lipinski definition) is 0. The van der Waals surface area contributed by atoms with Crippen LogP contribution in [0.3, 0.4) is 0 Å². The first-order valence-corrected chi connectivity index (χ1v) is 22.1. The molecule has 0 saturated carbocycles. The molecule has 3 aromatic heterocycles. The third-order valence-corrected chi connectivity index (χ3v) is 12.2. The number of rotatable bonds is 13. The van der Waals surface area contributed by atoms with Gasteiger partial charge < -0.3 is 4.57 Å². The van der Waals surface area contributed by atoms with Crippen LogP contribution in [0.2, 0.25) is 0 Å². The predicted octanol–water partition coefficient (Wildman–Crippen LogP) is 14.4. The summed E-state index contributed by atoms with van der Waals surface area (Å²) < 4.78 is 2.06. The van der Waals surface area contributed by atoms with E-state index in [0.717, 1.165) is 81.8 Å². The van der Waals surface area contributed by atoms with Crippen molar-refractivity contribution in [2.75, 3.05) is 0 Å². The van der Waals surface area contributed by atoms with Crippen LogP contribution in [-0.2, 0) is 32.7 Å².